The molecular weight excluding hydrogens is 610 g/mol. The lowest BCUT2D eigenvalue weighted by molar-refractivity contribution is 0.214. The molecule has 0 saturated carbocycles. The third-order valence-electron chi connectivity index (χ3n) is 5.69. The predicted molar refractivity (Wildman–Crippen MR) is 151 cm³/mol. The predicted octanol–water partition coefficient (Wildman–Crippen LogP) is 8.05. The van der Waals surface area contributed by atoms with Crippen molar-refractivity contribution in [3.8, 4) is 17.3 Å². The van der Waals surface area contributed by atoms with Crippen LogP contribution < -0.4 is 10.3 Å². The number of furan rings is 1. The highest BCUT2D eigenvalue weighted by Gasteiger charge is 2.17. The van der Waals surface area contributed by atoms with Gasteiger partial charge in [-0.15, -0.1) is 0 Å². The summed E-state index contributed by atoms with van der Waals surface area (Å²) in [7, 11) is 0. The Morgan fingerprint density at radius 1 is 1.14 bits per heavy atom. The summed E-state index contributed by atoms with van der Waals surface area (Å²) >= 11 is 13.3. The Bertz CT molecular complexity index is 1670. The number of para-hydroxylation sites is 1. The van der Waals surface area contributed by atoms with Crippen LogP contribution in [0.5, 0.6) is 5.75 Å². The average Bonchev–Trinajstić information content (AvgIpc) is 3.28. The first-order chi connectivity index (χ1) is 17.3. The van der Waals surface area contributed by atoms with Gasteiger partial charge in [0.15, 0.2) is 5.76 Å². The summed E-state index contributed by atoms with van der Waals surface area (Å²) in [6, 6.07) is 18.1. The average molecular weight is 630 g/mol. The number of hydrogen-bond acceptors (Lipinski definition) is 5. The standard InChI is InChI=1S/C27H20Br2ClN3O3/c1-3-15(2)35-25-20(28)10-16(11-21(25)29)14-31-33-26(32-22-7-5-4-6-19(22)27(33)34)24-13-17-12-18(30)8-9-23(17)36-24/h4-15H,3H2,1-2H3/t15-/m1/s1. The number of aromatic nitrogens is 2. The lowest BCUT2D eigenvalue weighted by Crippen LogP contribution is -2.20. The minimum atomic E-state index is -0.305. The summed E-state index contributed by atoms with van der Waals surface area (Å²) < 4.78 is 14.8. The van der Waals surface area contributed by atoms with E-state index < -0.39 is 0 Å². The fourth-order valence-electron chi connectivity index (χ4n) is 3.69. The molecule has 5 aromatic rings. The third kappa shape index (κ3) is 4.85. The van der Waals surface area contributed by atoms with Crippen molar-refractivity contribution in [1.29, 1.82) is 0 Å². The molecule has 0 aliphatic heterocycles. The van der Waals surface area contributed by atoms with E-state index in [1.165, 1.54) is 4.68 Å². The highest BCUT2D eigenvalue weighted by molar-refractivity contribution is 9.11. The van der Waals surface area contributed by atoms with Crippen LogP contribution in [0.1, 0.15) is 25.8 Å². The van der Waals surface area contributed by atoms with Crippen LogP contribution >= 0.6 is 43.5 Å². The Morgan fingerprint density at radius 3 is 2.64 bits per heavy atom. The van der Waals surface area contributed by atoms with Crippen molar-refractivity contribution in [1.82, 2.24) is 9.66 Å². The molecule has 36 heavy (non-hydrogen) atoms. The Hall–Kier alpha value is -2.94. The zero-order chi connectivity index (χ0) is 25.4. The van der Waals surface area contributed by atoms with Crippen molar-refractivity contribution in [2.45, 2.75) is 26.4 Å². The molecule has 0 N–H and O–H groups in total. The molecule has 3 aromatic carbocycles. The molecule has 0 unspecified atom stereocenters. The zero-order valence-electron chi connectivity index (χ0n) is 19.3. The fraction of sp³-hybridized carbons (Fsp3) is 0.148. The summed E-state index contributed by atoms with van der Waals surface area (Å²) in [4.78, 5) is 18.2. The van der Waals surface area contributed by atoms with Gasteiger partial charge in [0.2, 0.25) is 5.82 Å². The first-order valence-corrected chi connectivity index (χ1v) is 13.2. The van der Waals surface area contributed by atoms with Crippen molar-refractivity contribution in [3.05, 3.63) is 90.5 Å². The van der Waals surface area contributed by atoms with Crippen LogP contribution in [-0.4, -0.2) is 22.0 Å². The Balaban J connectivity index is 1.63. The highest BCUT2D eigenvalue weighted by Crippen LogP contribution is 2.35. The molecule has 0 bridgehead atoms. The van der Waals surface area contributed by atoms with Gasteiger partial charge in [0.25, 0.3) is 5.56 Å². The number of halogens is 3. The molecule has 0 saturated heterocycles. The fourth-order valence-corrected chi connectivity index (χ4v) is 5.28. The molecule has 0 aliphatic rings. The molecule has 0 radical (unpaired) electrons. The van der Waals surface area contributed by atoms with E-state index in [1.54, 1.807) is 48.7 Å². The van der Waals surface area contributed by atoms with Crippen molar-refractivity contribution in [2.24, 2.45) is 5.10 Å². The topological polar surface area (TPSA) is 69.6 Å². The number of benzene rings is 3. The zero-order valence-corrected chi connectivity index (χ0v) is 23.3. The summed E-state index contributed by atoms with van der Waals surface area (Å²) in [5.74, 6) is 1.41. The molecule has 0 spiro atoms. The molecule has 6 nitrogen and oxygen atoms in total. The third-order valence-corrected chi connectivity index (χ3v) is 7.10. The second-order valence-electron chi connectivity index (χ2n) is 8.26. The summed E-state index contributed by atoms with van der Waals surface area (Å²) in [5, 5.41) is 6.38. The van der Waals surface area contributed by atoms with E-state index in [0.29, 0.717) is 33.0 Å². The van der Waals surface area contributed by atoms with E-state index in [9.17, 15) is 4.79 Å². The van der Waals surface area contributed by atoms with Gasteiger partial charge in [0, 0.05) is 10.4 Å². The number of hydrogen-bond donors (Lipinski definition) is 0. The lowest BCUT2D eigenvalue weighted by atomic mass is 10.2. The Kier molecular flexibility index (Phi) is 7.01. The van der Waals surface area contributed by atoms with Crippen LogP contribution in [0.2, 0.25) is 5.02 Å². The molecular formula is C27H20Br2ClN3O3. The van der Waals surface area contributed by atoms with Crippen LogP contribution in [-0.2, 0) is 0 Å². The van der Waals surface area contributed by atoms with Crippen LogP contribution in [0.15, 0.2) is 83.9 Å². The van der Waals surface area contributed by atoms with Crippen LogP contribution in [0.4, 0.5) is 0 Å². The molecule has 1 atom stereocenters. The summed E-state index contributed by atoms with van der Waals surface area (Å²) in [5.41, 5.74) is 1.64. The van der Waals surface area contributed by atoms with Gasteiger partial charge in [-0.2, -0.15) is 9.78 Å². The smallest absolute Gasteiger partial charge is 0.282 e. The second kappa shape index (κ2) is 10.2. The second-order valence-corrected chi connectivity index (χ2v) is 10.4. The molecule has 9 heteroatoms. The number of nitrogens with zero attached hydrogens (tertiary/aromatic N) is 3. The van der Waals surface area contributed by atoms with Crippen molar-refractivity contribution in [2.75, 3.05) is 0 Å². The number of ether oxygens (including phenoxy) is 1. The van der Waals surface area contributed by atoms with Gasteiger partial charge in [-0.3, -0.25) is 4.79 Å². The van der Waals surface area contributed by atoms with E-state index in [1.807, 2.05) is 25.1 Å². The SMILES string of the molecule is CC[C@@H](C)Oc1c(Br)cc(C=Nn2c(-c3cc4cc(Cl)ccc4o3)nc3ccccc3c2=O)cc1Br. The van der Waals surface area contributed by atoms with Gasteiger partial charge in [-0.05, 0) is 99.3 Å². The van der Waals surface area contributed by atoms with Gasteiger partial charge < -0.3 is 9.15 Å². The van der Waals surface area contributed by atoms with Gasteiger partial charge in [0.05, 0.1) is 32.2 Å². The van der Waals surface area contributed by atoms with Gasteiger partial charge in [-0.25, -0.2) is 4.98 Å². The largest absolute Gasteiger partial charge is 0.488 e. The first-order valence-electron chi connectivity index (χ1n) is 11.3. The van der Waals surface area contributed by atoms with Crippen LogP contribution in [0, 0.1) is 0 Å². The lowest BCUT2D eigenvalue weighted by Gasteiger charge is -2.16. The van der Waals surface area contributed by atoms with Gasteiger partial charge in [-0.1, -0.05) is 30.7 Å². The number of fused-ring (bicyclic) bond motifs is 2. The van der Waals surface area contributed by atoms with Crippen LogP contribution in [0.25, 0.3) is 33.5 Å². The minimum absolute atomic E-state index is 0.0700. The maximum Gasteiger partial charge on any atom is 0.282 e. The highest BCUT2D eigenvalue weighted by atomic mass is 79.9. The Labute approximate surface area is 228 Å². The molecule has 5 rings (SSSR count). The van der Waals surface area contributed by atoms with Gasteiger partial charge >= 0.3 is 0 Å². The molecule has 0 aliphatic carbocycles. The van der Waals surface area contributed by atoms with Crippen LogP contribution in [0.3, 0.4) is 0 Å². The quantitative estimate of drug-likeness (QED) is 0.178. The molecule has 2 aromatic heterocycles. The number of rotatable bonds is 6. The van der Waals surface area contributed by atoms with E-state index in [-0.39, 0.29) is 17.5 Å². The van der Waals surface area contributed by atoms with Gasteiger partial charge in [0.1, 0.15) is 11.3 Å². The normalized spacial score (nSPS) is 12.6. The van der Waals surface area contributed by atoms with Crippen molar-refractivity contribution >= 4 is 71.5 Å². The molecule has 0 amide bonds. The monoisotopic (exact) mass is 627 g/mol. The van der Waals surface area contributed by atoms with Crippen molar-refractivity contribution < 1.29 is 9.15 Å². The molecule has 182 valence electrons. The van der Waals surface area contributed by atoms with Crippen molar-refractivity contribution in [3.63, 3.8) is 0 Å². The van der Waals surface area contributed by atoms with E-state index in [2.05, 4.69) is 43.9 Å². The molecule has 2 heterocycles. The van der Waals surface area contributed by atoms with E-state index >= 15 is 0 Å². The first kappa shape index (κ1) is 24.7. The summed E-state index contributed by atoms with van der Waals surface area (Å²) in [6.07, 6.45) is 2.56. The Morgan fingerprint density at radius 2 is 1.89 bits per heavy atom. The maximum atomic E-state index is 13.5. The maximum absolute atomic E-state index is 13.5. The van der Waals surface area contributed by atoms with E-state index in [0.717, 1.165) is 26.3 Å². The summed E-state index contributed by atoms with van der Waals surface area (Å²) in [6.45, 7) is 4.08. The minimum Gasteiger partial charge on any atom is -0.488 e. The van der Waals surface area contributed by atoms with E-state index in [4.69, 9.17) is 25.7 Å². The molecule has 0 fully saturated rings.